The maximum absolute atomic E-state index is 11.4. The molecule has 17 heavy (non-hydrogen) atoms. The molecule has 0 radical (unpaired) electrons. The molecule has 0 bridgehead atoms. The van der Waals surface area contributed by atoms with E-state index in [0.717, 1.165) is 6.54 Å². The van der Waals surface area contributed by atoms with Crippen LogP contribution in [0, 0.1) is 5.92 Å². The molecule has 1 heterocycles. The Kier molecular flexibility index (Phi) is 4.40. The third-order valence-electron chi connectivity index (χ3n) is 4.20. The smallest absolute Gasteiger partial charge is 0.322 e. The van der Waals surface area contributed by atoms with Gasteiger partial charge in [0.1, 0.15) is 6.04 Å². The van der Waals surface area contributed by atoms with Gasteiger partial charge in [-0.2, -0.15) is 0 Å². The Labute approximate surface area is 103 Å². The van der Waals surface area contributed by atoms with Crippen molar-refractivity contribution in [3.63, 3.8) is 0 Å². The molecule has 2 rings (SSSR count). The van der Waals surface area contributed by atoms with Crippen molar-refractivity contribution < 1.29 is 9.53 Å². The summed E-state index contributed by atoms with van der Waals surface area (Å²) < 4.78 is 4.77. The molecule has 0 aromatic carbocycles. The third kappa shape index (κ3) is 2.99. The summed E-state index contributed by atoms with van der Waals surface area (Å²) in [6.07, 6.45) is 6.32. The molecule has 0 aromatic heterocycles. The van der Waals surface area contributed by atoms with Gasteiger partial charge in [-0.05, 0) is 45.1 Å². The number of carbonyl (C=O) groups excluding carboxylic acids is 1. The molecule has 1 saturated heterocycles. The maximum Gasteiger partial charge on any atom is 0.322 e. The zero-order chi connectivity index (χ0) is 12.3. The Morgan fingerprint density at radius 1 is 1.35 bits per heavy atom. The van der Waals surface area contributed by atoms with Crippen LogP contribution in [0.4, 0.5) is 0 Å². The number of nitrogens with one attached hydrogen (secondary N) is 2. The summed E-state index contributed by atoms with van der Waals surface area (Å²) in [6, 6.07) is 0.937. The van der Waals surface area contributed by atoms with Crippen molar-refractivity contribution >= 4 is 5.97 Å². The lowest BCUT2D eigenvalue weighted by Crippen LogP contribution is -2.48. The SMILES string of the molecule is COC(=O)[C@@H](C)NC1CCCC1C1CCCN1. The number of ether oxygens (including phenoxy) is 1. The predicted octanol–water partition coefficient (Wildman–Crippen LogP) is 1.06. The molecule has 2 N–H and O–H groups in total. The van der Waals surface area contributed by atoms with Crippen LogP contribution in [-0.2, 0) is 9.53 Å². The van der Waals surface area contributed by atoms with Crippen molar-refractivity contribution in [2.45, 2.75) is 57.2 Å². The molecule has 98 valence electrons. The van der Waals surface area contributed by atoms with Gasteiger partial charge in [-0.15, -0.1) is 0 Å². The maximum atomic E-state index is 11.4. The third-order valence-corrected chi connectivity index (χ3v) is 4.20. The highest BCUT2D eigenvalue weighted by molar-refractivity contribution is 5.75. The summed E-state index contributed by atoms with van der Waals surface area (Å²) in [6.45, 7) is 3.05. The number of hydrogen-bond donors (Lipinski definition) is 2. The average Bonchev–Trinajstić information content (AvgIpc) is 2.97. The molecule has 4 atom stereocenters. The summed E-state index contributed by atoms with van der Waals surface area (Å²) in [5, 5.41) is 7.03. The van der Waals surface area contributed by atoms with E-state index in [1.165, 1.54) is 39.2 Å². The van der Waals surface area contributed by atoms with Gasteiger partial charge >= 0.3 is 5.97 Å². The number of methoxy groups -OCH3 is 1. The number of carbonyl (C=O) groups is 1. The molecule has 2 fully saturated rings. The van der Waals surface area contributed by atoms with Gasteiger partial charge in [-0.25, -0.2) is 0 Å². The zero-order valence-corrected chi connectivity index (χ0v) is 10.9. The molecule has 2 aliphatic rings. The Morgan fingerprint density at radius 3 is 2.82 bits per heavy atom. The molecule has 4 nitrogen and oxygen atoms in total. The van der Waals surface area contributed by atoms with Crippen LogP contribution in [0.3, 0.4) is 0 Å². The fourth-order valence-corrected chi connectivity index (χ4v) is 3.32. The van der Waals surface area contributed by atoms with Crippen molar-refractivity contribution in [3.05, 3.63) is 0 Å². The van der Waals surface area contributed by atoms with Crippen LogP contribution < -0.4 is 10.6 Å². The van der Waals surface area contributed by atoms with E-state index in [4.69, 9.17) is 4.74 Å². The Morgan fingerprint density at radius 2 is 2.18 bits per heavy atom. The number of esters is 1. The second-order valence-corrected chi connectivity index (χ2v) is 5.32. The van der Waals surface area contributed by atoms with E-state index in [9.17, 15) is 4.79 Å². The van der Waals surface area contributed by atoms with Gasteiger partial charge in [0, 0.05) is 12.1 Å². The molecule has 0 spiro atoms. The van der Waals surface area contributed by atoms with Gasteiger partial charge in [0.05, 0.1) is 7.11 Å². The first-order valence-electron chi connectivity index (χ1n) is 6.79. The Bertz CT molecular complexity index is 264. The minimum absolute atomic E-state index is 0.157. The van der Waals surface area contributed by atoms with E-state index in [1.54, 1.807) is 0 Å². The lowest BCUT2D eigenvalue weighted by atomic mass is 9.92. The van der Waals surface area contributed by atoms with Gasteiger partial charge in [0.25, 0.3) is 0 Å². The minimum atomic E-state index is -0.188. The van der Waals surface area contributed by atoms with Crippen LogP contribution in [0.2, 0.25) is 0 Å². The first kappa shape index (κ1) is 12.8. The monoisotopic (exact) mass is 240 g/mol. The molecular formula is C13H24N2O2. The van der Waals surface area contributed by atoms with Crippen molar-refractivity contribution in [3.8, 4) is 0 Å². The van der Waals surface area contributed by atoms with E-state index < -0.39 is 0 Å². The second-order valence-electron chi connectivity index (χ2n) is 5.32. The van der Waals surface area contributed by atoms with E-state index in [-0.39, 0.29) is 12.0 Å². The Balaban J connectivity index is 1.88. The molecule has 4 heteroatoms. The van der Waals surface area contributed by atoms with Gasteiger partial charge in [-0.1, -0.05) is 6.42 Å². The molecule has 3 unspecified atom stereocenters. The van der Waals surface area contributed by atoms with Crippen molar-refractivity contribution in [2.75, 3.05) is 13.7 Å². The molecule has 1 aliphatic heterocycles. The van der Waals surface area contributed by atoms with Crippen molar-refractivity contribution in [2.24, 2.45) is 5.92 Å². The van der Waals surface area contributed by atoms with Gasteiger partial charge in [0.15, 0.2) is 0 Å². The van der Waals surface area contributed by atoms with Crippen molar-refractivity contribution in [1.29, 1.82) is 0 Å². The number of rotatable bonds is 4. The highest BCUT2D eigenvalue weighted by Gasteiger charge is 2.36. The fraction of sp³-hybridized carbons (Fsp3) is 0.923. The van der Waals surface area contributed by atoms with Gasteiger partial charge in [0.2, 0.25) is 0 Å². The van der Waals surface area contributed by atoms with Crippen LogP contribution in [-0.4, -0.2) is 37.7 Å². The lowest BCUT2D eigenvalue weighted by molar-refractivity contribution is -0.142. The van der Waals surface area contributed by atoms with Crippen molar-refractivity contribution in [1.82, 2.24) is 10.6 Å². The molecule has 1 aliphatic carbocycles. The predicted molar refractivity (Wildman–Crippen MR) is 66.8 cm³/mol. The first-order chi connectivity index (χ1) is 8.22. The molecule has 1 saturated carbocycles. The quantitative estimate of drug-likeness (QED) is 0.721. The largest absolute Gasteiger partial charge is 0.468 e. The first-order valence-corrected chi connectivity index (χ1v) is 6.79. The highest BCUT2D eigenvalue weighted by atomic mass is 16.5. The summed E-state index contributed by atoms with van der Waals surface area (Å²) in [5.74, 6) is 0.527. The van der Waals surface area contributed by atoms with E-state index in [0.29, 0.717) is 18.0 Å². The van der Waals surface area contributed by atoms with Crippen LogP contribution in [0.15, 0.2) is 0 Å². The van der Waals surface area contributed by atoms with E-state index in [1.807, 2.05) is 6.92 Å². The second kappa shape index (κ2) is 5.83. The molecular weight excluding hydrogens is 216 g/mol. The average molecular weight is 240 g/mol. The summed E-state index contributed by atoms with van der Waals surface area (Å²) >= 11 is 0. The zero-order valence-electron chi connectivity index (χ0n) is 10.9. The number of hydrogen-bond acceptors (Lipinski definition) is 4. The van der Waals surface area contributed by atoms with E-state index >= 15 is 0 Å². The topological polar surface area (TPSA) is 50.4 Å². The normalized spacial score (nSPS) is 34.8. The Hall–Kier alpha value is -0.610. The van der Waals surface area contributed by atoms with Gasteiger partial charge in [-0.3, -0.25) is 4.79 Å². The molecule has 0 amide bonds. The fourth-order valence-electron chi connectivity index (χ4n) is 3.32. The van der Waals surface area contributed by atoms with E-state index in [2.05, 4.69) is 10.6 Å². The standard InChI is InChI=1S/C13H24N2O2/c1-9(13(16)17-2)15-12-6-3-5-10(12)11-7-4-8-14-11/h9-12,14-15H,3-8H2,1-2H3/t9-,10?,11?,12?/m1/s1. The lowest BCUT2D eigenvalue weighted by Gasteiger charge is -2.28. The highest BCUT2D eigenvalue weighted by Crippen LogP contribution is 2.32. The summed E-state index contributed by atoms with van der Waals surface area (Å²) in [7, 11) is 1.45. The van der Waals surface area contributed by atoms with Crippen LogP contribution >= 0.6 is 0 Å². The molecule has 0 aromatic rings. The van der Waals surface area contributed by atoms with Crippen LogP contribution in [0.5, 0.6) is 0 Å². The summed E-state index contributed by atoms with van der Waals surface area (Å²) in [4.78, 5) is 11.4. The summed E-state index contributed by atoms with van der Waals surface area (Å²) in [5.41, 5.74) is 0. The van der Waals surface area contributed by atoms with Crippen LogP contribution in [0.25, 0.3) is 0 Å². The minimum Gasteiger partial charge on any atom is -0.468 e. The van der Waals surface area contributed by atoms with Crippen LogP contribution in [0.1, 0.15) is 39.0 Å². The van der Waals surface area contributed by atoms with Gasteiger partial charge < -0.3 is 15.4 Å².